The Morgan fingerprint density at radius 1 is 1.46 bits per heavy atom. The van der Waals surface area contributed by atoms with Gasteiger partial charge in [0.25, 0.3) is 5.91 Å². The van der Waals surface area contributed by atoms with Crippen LogP contribution in [0.2, 0.25) is 5.02 Å². The second-order valence-electron chi connectivity index (χ2n) is 6.55. The standard InChI is InChI=1S/C17H22ClFN2O3/c18-13-9-11(19)1-2-12(13)16(23)21-6-3-17(4-7-21)14(22)10-15(17)24-8-5-20/h1-2,9,14-15,22H,3-8,10,20H2/t14-,15+/m0/s1. The number of hydrogen-bond donors (Lipinski definition) is 2. The number of carbonyl (C=O) groups excluding carboxylic acids is 1. The molecule has 1 aromatic carbocycles. The number of likely N-dealkylation sites (tertiary alicyclic amines) is 1. The Hall–Kier alpha value is -1.21. The van der Waals surface area contributed by atoms with E-state index in [0.717, 1.165) is 6.07 Å². The molecule has 3 N–H and O–H groups in total. The summed E-state index contributed by atoms with van der Waals surface area (Å²) < 4.78 is 18.9. The minimum Gasteiger partial charge on any atom is -0.392 e. The van der Waals surface area contributed by atoms with E-state index in [4.69, 9.17) is 22.1 Å². The minimum atomic E-state index is -0.466. The van der Waals surface area contributed by atoms with Crippen LogP contribution in [0.25, 0.3) is 0 Å². The SMILES string of the molecule is NCCO[C@@H]1C[C@H](O)C12CCN(C(=O)c1ccc(F)cc1Cl)CC2. The molecule has 1 aliphatic carbocycles. The van der Waals surface area contributed by atoms with Crippen LogP contribution >= 0.6 is 11.6 Å². The summed E-state index contributed by atoms with van der Waals surface area (Å²) in [7, 11) is 0. The van der Waals surface area contributed by atoms with Crippen LogP contribution in [0, 0.1) is 11.2 Å². The monoisotopic (exact) mass is 356 g/mol. The molecule has 1 amide bonds. The lowest BCUT2D eigenvalue weighted by molar-refractivity contribution is -0.207. The van der Waals surface area contributed by atoms with Crippen molar-refractivity contribution in [3.63, 3.8) is 0 Å². The molecule has 2 aliphatic rings. The summed E-state index contributed by atoms with van der Waals surface area (Å²) in [6.07, 6.45) is 1.58. The fourth-order valence-corrected chi connectivity index (χ4v) is 4.03. The Balaban J connectivity index is 1.65. The van der Waals surface area contributed by atoms with Gasteiger partial charge in [-0.25, -0.2) is 4.39 Å². The lowest BCUT2D eigenvalue weighted by Crippen LogP contribution is -2.62. The third-order valence-electron chi connectivity index (χ3n) is 5.32. The van der Waals surface area contributed by atoms with Crippen LogP contribution in [0.5, 0.6) is 0 Å². The lowest BCUT2D eigenvalue weighted by Gasteiger charge is -2.56. The summed E-state index contributed by atoms with van der Waals surface area (Å²) in [6.45, 7) is 1.97. The number of aliphatic hydroxyl groups is 1. The van der Waals surface area contributed by atoms with Gasteiger partial charge < -0.3 is 20.5 Å². The van der Waals surface area contributed by atoms with Crippen LogP contribution in [0.4, 0.5) is 4.39 Å². The van der Waals surface area contributed by atoms with Gasteiger partial charge in [-0.1, -0.05) is 11.6 Å². The molecule has 0 bridgehead atoms. The third kappa shape index (κ3) is 3.04. The number of piperidine rings is 1. The van der Waals surface area contributed by atoms with Crippen molar-refractivity contribution in [3.8, 4) is 0 Å². The first-order chi connectivity index (χ1) is 11.5. The highest BCUT2D eigenvalue weighted by Crippen LogP contribution is 2.51. The molecule has 5 nitrogen and oxygen atoms in total. The van der Waals surface area contributed by atoms with E-state index in [9.17, 15) is 14.3 Å². The van der Waals surface area contributed by atoms with Gasteiger partial charge in [0.15, 0.2) is 0 Å². The zero-order valence-corrected chi connectivity index (χ0v) is 14.1. The van der Waals surface area contributed by atoms with E-state index in [0.29, 0.717) is 51.1 Å². The van der Waals surface area contributed by atoms with Gasteiger partial charge in [-0.15, -0.1) is 0 Å². The van der Waals surface area contributed by atoms with Crippen LogP contribution in [-0.4, -0.2) is 54.4 Å². The van der Waals surface area contributed by atoms with E-state index in [1.54, 1.807) is 4.90 Å². The molecule has 1 heterocycles. The molecular formula is C17H22ClFN2O3. The predicted molar refractivity (Wildman–Crippen MR) is 88.4 cm³/mol. The average Bonchev–Trinajstić information content (AvgIpc) is 2.58. The van der Waals surface area contributed by atoms with Crippen LogP contribution < -0.4 is 5.73 Å². The summed E-state index contributed by atoms with van der Waals surface area (Å²) in [5.74, 6) is -0.672. The first-order valence-electron chi connectivity index (χ1n) is 8.22. The summed E-state index contributed by atoms with van der Waals surface area (Å²) in [5, 5.41) is 10.4. The quantitative estimate of drug-likeness (QED) is 0.862. The van der Waals surface area contributed by atoms with Gasteiger partial charge in [-0.2, -0.15) is 0 Å². The van der Waals surface area contributed by atoms with Gasteiger partial charge in [-0.05, 0) is 31.0 Å². The summed E-state index contributed by atoms with van der Waals surface area (Å²) in [6, 6.07) is 3.79. The fourth-order valence-electron chi connectivity index (χ4n) is 3.79. The molecule has 1 saturated heterocycles. The van der Waals surface area contributed by atoms with Gasteiger partial charge in [0.1, 0.15) is 5.82 Å². The summed E-state index contributed by atoms with van der Waals surface area (Å²) >= 11 is 5.98. The van der Waals surface area contributed by atoms with E-state index < -0.39 is 11.9 Å². The third-order valence-corrected chi connectivity index (χ3v) is 5.63. The molecule has 0 radical (unpaired) electrons. The maximum atomic E-state index is 13.1. The second-order valence-corrected chi connectivity index (χ2v) is 6.96. The van der Waals surface area contributed by atoms with Crippen molar-refractivity contribution < 1.29 is 19.0 Å². The van der Waals surface area contributed by atoms with Crippen LogP contribution in [0.15, 0.2) is 18.2 Å². The molecule has 2 fully saturated rings. The largest absolute Gasteiger partial charge is 0.392 e. The molecular weight excluding hydrogens is 335 g/mol. The molecule has 1 saturated carbocycles. The van der Waals surface area contributed by atoms with Crippen molar-refractivity contribution in [2.75, 3.05) is 26.2 Å². The molecule has 2 atom stereocenters. The van der Waals surface area contributed by atoms with Crippen molar-refractivity contribution in [1.82, 2.24) is 4.90 Å². The molecule has 132 valence electrons. The second kappa shape index (κ2) is 6.96. The van der Waals surface area contributed by atoms with E-state index >= 15 is 0 Å². The molecule has 24 heavy (non-hydrogen) atoms. The number of amides is 1. The molecule has 1 spiro atoms. The maximum absolute atomic E-state index is 13.1. The number of aliphatic hydroxyl groups excluding tert-OH is 1. The van der Waals surface area contributed by atoms with Crippen LogP contribution in [0.1, 0.15) is 29.6 Å². The fraction of sp³-hybridized carbons (Fsp3) is 0.588. The van der Waals surface area contributed by atoms with E-state index in [2.05, 4.69) is 0 Å². The number of nitrogens with zero attached hydrogens (tertiary/aromatic N) is 1. The number of ether oxygens (including phenoxy) is 1. The van der Waals surface area contributed by atoms with Crippen LogP contribution in [-0.2, 0) is 4.74 Å². The van der Waals surface area contributed by atoms with Crippen molar-refractivity contribution in [3.05, 3.63) is 34.6 Å². The van der Waals surface area contributed by atoms with E-state index in [1.165, 1.54) is 12.1 Å². The number of benzene rings is 1. The van der Waals surface area contributed by atoms with Gasteiger partial charge >= 0.3 is 0 Å². The van der Waals surface area contributed by atoms with E-state index in [-0.39, 0.29) is 22.4 Å². The predicted octanol–water partition coefficient (Wildman–Crippen LogP) is 1.81. The average molecular weight is 357 g/mol. The zero-order valence-electron chi connectivity index (χ0n) is 13.4. The highest BCUT2D eigenvalue weighted by atomic mass is 35.5. The van der Waals surface area contributed by atoms with Gasteiger partial charge in [-0.3, -0.25) is 4.79 Å². The zero-order chi connectivity index (χ0) is 17.3. The Kier molecular flexibility index (Phi) is 5.11. The Labute approximate surface area is 145 Å². The number of carbonyl (C=O) groups is 1. The molecule has 0 aromatic heterocycles. The summed E-state index contributed by atoms with van der Waals surface area (Å²) in [5.41, 5.74) is 5.51. The first kappa shape index (κ1) is 17.6. The van der Waals surface area contributed by atoms with Crippen molar-refractivity contribution in [2.24, 2.45) is 11.1 Å². The Morgan fingerprint density at radius 3 is 2.75 bits per heavy atom. The van der Waals surface area contributed by atoms with Crippen molar-refractivity contribution in [2.45, 2.75) is 31.5 Å². The number of halogens is 2. The highest BCUT2D eigenvalue weighted by Gasteiger charge is 2.56. The van der Waals surface area contributed by atoms with Crippen molar-refractivity contribution in [1.29, 1.82) is 0 Å². The van der Waals surface area contributed by atoms with E-state index in [1.807, 2.05) is 0 Å². The topological polar surface area (TPSA) is 75.8 Å². The normalized spacial score (nSPS) is 25.6. The number of hydrogen-bond acceptors (Lipinski definition) is 4. The van der Waals surface area contributed by atoms with Crippen molar-refractivity contribution >= 4 is 17.5 Å². The smallest absolute Gasteiger partial charge is 0.255 e. The first-order valence-corrected chi connectivity index (χ1v) is 8.60. The highest BCUT2D eigenvalue weighted by molar-refractivity contribution is 6.33. The lowest BCUT2D eigenvalue weighted by atomic mass is 9.58. The Bertz CT molecular complexity index is 620. The molecule has 3 rings (SSSR count). The number of rotatable bonds is 4. The van der Waals surface area contributed by atoms with Gasteiger partial charge in [0.2, 0.25) is 0 Å². The van der Waals surface area contributed by atoms with Crippen LogP contribution in [0.3, 0.4) is 0 Å². The maximum Gasteiger partial charge on any atom is 0.255 e. The molecule has 1 aromatic rings. The summed E-state index contributed by atoms with van der Waals surface area (Å²) in [4.78, 5) is 14.3. The molecule has 1 aliphatic heterocycles. The number of nitrogens with two attached hydrogens (primary N) is 1. The molecule has 7 heteroatoms. The van der Waals surface area contributed by atoms with Gasteiger partial charge in [0.05, 0.1) is 29.4 Å². The van der Waals surface area contributed by atoms with Gasteiger partial charge in [0, 0.05) is 31.5 Å². The Morgan fingerprint density at radius 2 is 2.17 bits per heavy atom. The molecule has 0 unspecified atom stereocenters. The minimum absolute atomic E-state index is 0.00251.